The second-order valence-corrected chi connectivity index (χ2v) is 5.45. The van der Waals surface area contributed by atoms with Crippen molar-refractivity contribution < 1.29 is 19.4 Å². The maximum Gasteiger partial charge on any atom is 0.341 e. The first kappa shape index (κ1) is 17.5. The number of amides is 1. The lowest BCUT2D eigenvalue weighted by atomic mass is 10.1. The Morgan fingerprint density at radius 3 is 2.50 bits per heavy atom. The van der Waals surface area contributed by atoms with Crippen molar-refractivity contribution >= 4 is 11.9 Å². The molecule has 0 aliphatic carbocycles. The van der Waals surface area contributed by atoms with Crippen LogP contribution in [0.3, 0.4) is 0 Å². The molecule has 0 aromatic heterocycles. The molecule has 1 amide bonds. The van der Waals surface area contributed by atoms with Gasteiger partial charge < -0.3 is 15.2 Å². The normalized spacial score (nSPS) is 10.2. The van der Waals surface area contributed by atoms with Crippen molar-refractivity contribution in [2.75, 3.05) is 6.61 Å². The minimum atomic E-state index is -1.00. The third-order valence-corrected chi connectivity index (χ3v) is 3.46. The highest BCUT2D eigenvalue weighted by molar-refractivity contribution is 5.75. The first-order chi connectivity index (χ1) is 11.6. The number of carboxylic acid groups (broad SMARTS) is 1. The van der Waals surface area contributed by atoms with E-state index in [1.807, 2.05) is 48.5 Å². The van der Waals surface area contributed by atoms with Crippen LogP contribution >= 0.6 is 0 Å². The molecule has 0 atom stereocenters. The minimum Gasteiger partial charge on any atom is -0.482 e. The molecule has 0 heterocycles. The molecule has 0 unspecified atom stereocenters. The summed E-state index contributed by atoms with van der Waals surface area (Å²) in [5.74, 6) is -0.448. The van der Waals surface area contributed by atoms with Crippen molar-refractivity contribution in [3.05, 3.63) is 65.7 Å². The molecule has 0 bridgehead atoms. The smallest absolute Gasteiger partial charge is 0.341 e. The Labute approximate surface area is 141 Å². The van der Waals surface area contributed by atoms with E-state index in [1.54, 1.807) is 6.07 Å². The molecular weight excluding hydrogens is 306 g/mol. The highest BCUT2D eigenvalue weighted by atomic mass is 16.5. The molecule has 0 spiro atoms. The number of hydrogen-bond donors (Lipinski definition) is 2. The summed E-state index contributed by atoms with van der Waals surface area (Å²) >= 11 is 0. The molecule has 2 aromatic rings. The zero-order valence-electron chi connectivity index (χ0n) is 13.4. The molecular formula is C19H21NO4. The molecule has 24 heavy (non-hydrogen) atoms. The summed E-state index contributed by atoms with van der Waals surface area (Å²) in [5, 5.41) is 11.5. The zero-order chi connectivity index (χ0) is 17.2. The van der Waals surface area contributed by atoms with Crippen LogP contribution in [0.4, 0.5) is 0 Å². The highest BCUT2D eigenvalue weighted by Crippen LogP contribution is 2.15. The summed E-state index contributed by atoms with van der Waals surface area (Å²) < 4.78 is 5.14. The Balaban J connectivity index is 1.70. The third-order valence-electron chi connectivity index (χ3n) is 3.46. The summed E-state index contributed by atoms with van der Waals surface area (Å²) in [6.45, 7) is 0.184. The van der Waals surface area contributed by atoms with E-state index in [4.69, 9.17) is 9.84 Å². The third kappa shape index (κ3) is 6.52. The number of carbonyl (C=O) groups excluding carboxylic acids is 1. The predicted molar refractivity (Wildman–Crippen MR) is 90.8 cm³/mol. The number of hydrogen-bond acceptors (Lipinski definition) is 3. The molecule has 0 saturated carbocycles. The van der Waals surface area contributed by atoms with E-state index in [-0.39, 0.29) is 12.5 Å². The Hall–Kier alpha value is -2.82. The molecule has 126 valence electrons. The van der Waals surface area contributed by atoms with E-state index >= 15 is 0 Å². The van der Waals surface area contributed by atoms with Gasteiger partial charge in [0, 0.05) is 13.0 Å². The second-order valence-electron chi connectivity index (χ2n) is 5.45. The zero-order valence-corrected chi connectivity index (χ0v) is 13.4. The van der Waals surface area contributed by atoms with Gasteiger partial charge >= 0.3 is 5.97 Å². The van der Waals surface area contributed by atoms with E-state index in [0.29, 0.717) is 18.7 Å². The van der Waals surface area contributed by atoms with Crippen molar-refractivity contribution in [3.8, 4) is 5.75 Å². The maximum absolute atomic E-state index is 11.8. The van der Waals surface area contributed by atoms with Crippen molar-refractivity contribution in [2.24, 2.45) is 0 Å². The van der Waals surface area contributed by atoms with Crippen LogP contribution in [0.15, 0.2) is 54.6 Å². The highest BCUT2D eigenvalue weighted by Gasteiger charge is 2.04. The predicted octanol–water partition coefficient (Wildman–Crippen LogP) is 2.79. The number of aliphatic carboxylic acids is 1. The maximum atomic E-state index is 11.8. The van der Waals surface area contributed by atoms with Gasteiger partial charge in [0.2, 0.25) is 5.91 Å². The molecule has 0 fully saturated rings. The number of aryl methyl sites for hydroxylation is 1. The lowest BCUT2D eigenvalue weighted by molar-refractivity contribution is -0.139. The SMILES string of the molecule is O=C(O)COc1cccc(CCCC(=O)NCc2ccccc2)c1. The number of carbonyl (C=O) groups is 2. The summed E-state index contributed by atoms with van der Waals surface area (Å²) in [7, 11) is 0. The van der Waals surface area contributed by atoms with Gasteiger partial charge in [-0.1, -0.05) is 42.5 Å². The van der Waals surface area contributed by atoms with Crippen molar-refractivity contribution in [3.63, 3.8) is 0 Å². The van der Waals surface area contributed by atoms with Crippen LogP contribution in [0.25, 0.3) is 0 Å². The standard InChI is InChI=1S/C19H21NO4/c21-18(20-13-16-6-2-1-3-7-16)11-5-9-15-8-4-10-17(12-15)24-14-19(22)23/h1-4,6-8,10,12H,5,9,11,13-14H2,(H,20,21)(H,22,23). The van der Waals surface area contributed by atoms with Gasteiger partial charge in [-0.2, -0.15) is 0 Å². The van der Waals surface area contributed by atoms with Gasteiger partial charge in [0.05, 0.1) is 0 Å². The molecule has 2 N–H and O–H groups in total. The van der Waals surface area contributed by atoms with Crippen LogP contribution in [-0.4, -0.2) is 23.6 Å². The second kappa shape index (κ2) is 9.35. The van der Waals surface area contributed by atoms with Gasteiger partial charge in [0.1, 0.15) is 5.75 Å². The Morgan fingerprint density at radius 2 is 1.75 bits per heavy atom. The molecule has 0 saturated heterocycles. The van der Waals surface area contributed by atoms with Crippen molar-refractivity contribution in [1.82, 2.24) is 5.32 Å². The van der Waals surface area contributed by atoms with E-state index in [2.05, 4.69) is 5.32 Å². The summed E-state index contributed by atoms with van der Waals surface area (Å²) in [6.07, 6.45) is 1.92. The molecule has 5 nitrogen and oxygen atoms in total. The summed E-state index contributed by atoms with van der Waals surface area (Å²) in [6, 6.07) is 17.1. The van der Waals surface area contributed by atoms with E-state index < -0.39 is 5.97 Å². The fourth-order valence-corrected chi connectivity index (χ4v) is 2.27. The van der Waals surface area contributed by atoms with Crippen LogP contribution < -0.4 is 10.1 Å². The minimum absolute atomic E-state index is 0.0251. The van der Waals surface area contributed by atoms with Gasteiger partial charge in [-0.15, -0.1) is 0 Å². The summed E-state index contributed by atoms with van der Waals surface area (Å²) in [5.41, 5.74) is 2.10. The first-order valence-electron chi connectivity index (χ1n) is 7.87. The van der Waals surface area contributed by atoms with Crippen LogP contribution in [-0.2, 0) is 22.6 Å². The van der Waals surface area contributed by atoms with E-state index in [0.717, 1.165) is 24.0 Å². The van der Waals surface area contributed by atoms with Gasteiger partial charge in [0.25, 0.3) is 0 Å². The topological polar surface area (TPSA) is 75.6 Å². The molecule has 0 aliphatic heterocycles. The molecule has 2 rings (SSSR count). The van der Waals surface area contributed by atoms with Gasteiger partial charge in [0.15, 0.2) is 6.61 Å². The summed E-state index contributed by atoms with van der Waals surface area (Å²) in [4.78, 5) is 22.3. The van der Waals surface area contributed by atoms with Gasteiger partial charge in [-0.3, -0.25) is 4.79 Å². The van der Waals surface area contributed by atoms with Crippen LogP contribution in [0, 0.1) is 0 Å². The van der Waals surface area contributed by atoms with Gasteiger partial charge in [-0.05, 0) is 36.1 Å². The van der Waals surface area contributed by atoms with Crippen LogP contribution in [0.1, 0.15) is 24.0 Å². The van der Waals surface area contributed by atoms with Crippen molar-refractivity contribution in [2.45, 2.75) is 25.8 Å². The molecule has 0 radical (unpaired) electrons. The average molecular weight is 327 g/mol. The number of rotatable bonds is 9. The molecule has 0 aliphatic rings. The quantitative estimate of drug-likeness (QED) is 0.742. The largest absolute Gasteiger partial charge is 0.482 e. The van der Waals surface area contributed by atoms with Crippen LogP contribution in [0.5, 0.6) is 5.75 Å². The number of nitrogens with one attached hydrogen (secondary N) is 1. The number of benzene rings is 2. The first-order valence-corrected chi connectivity index (χ1v) is 7.87. The average Bonchev–Trinajstić information content (AvgIpc) is 2.59. The van der Waals surface area contributed by atoms with Gasteiger partial charge in [-0.25, -0.2) is 4.79 Å². The Kier molecular flexibility index (Phi) is 6.83. The fraction of sp³-hybridized carbons (Fsp3) is 0.263. The van der Waals surface area contributed by atoms with Crippen LogP contribution in [0.2, 0.25) is 0 Å². The Bertz CT molecular complexity index is 670. The number of carboxylic acids is 1. The lowest BCUT2D eigenvalue weighted by Gasteiger charge is -2.07. The number of ether oxygens (including phenoxy) is 1. The van der Waals surface area contributed by atoms with E-state index in [1.165, 1.54) is 0 Å². The lowest BCUT2D eigenvalue weighted by Crippen LogP contribution is -2.22. The Morgan fingerprint density at radius 1 is 1.00 bits per heavy atom. The van der Waals surface area contributed by atoms with E-state index in [9.17, 15) is 9.59 Å². The monoisotopic (exact) mass is 327 g/mol. The van der Waals surface area contributed by atoms with Crippen molar-refractivity contribution in [1.29, 1.82) is 0 Å². The molecule has 2 aromatic carbocycles. The molecule has 5 heteroatoms. The fourth-order valence-electron chi connectivity index (χ4n) is 2.27.